The maximum Gasteiger partial charge on any atom is 0.258 e. The highest BCUT2D eigenvalue weighted by Gasteiger charge is 2.09. The number of carbonyl (C=O) groups is 1. The van der Waals surface area contributed by atoms with Crippen molar-refractivity contribution in [1.29, 1.82) is 0 Å². The minimum atomic E-state index is -3.21. The van der Waals surface area contributed by atoms with Crippen LogP contribution in [0.15, 0.2) is 40.7 Å². The summed E-state index contributed by atoms with van der Waals surface area (Å²) >= 11 is 1.19. The van der Waals surface area contributed by atoms with E-state index >= 15 is 0 Å². The number of nitrogens with one attached hydrogen (secondary N) is 1. The lowest BCUT2D eigenvalue weighted by Gasteiger charge is -2.04. The molecule has 1 aromatic heterocycles. The summed E-state index contributed by atoms with van der Waals surface area (Å²) in [4.78, 5) is 11.9. The summed E-state index contributed by atoms with van der Waals surface area (Å²) in [5, 5.41) is 4.29. The van der Waals surface area contributed by atoms with Gasteiger partial charge in [0.1, 0.15) is 0 Å². The SMILES string of the molecule is CS(=O)(=O)c1ccc(NC(=O)c2cnsc2)cc1. The van der Waals surface area contributed by atoms with E-state index < -0.39 is 9.84 Å². The average molecular weight is 282 g/mol. The Labute approximate surface area is 109 Å². The van der Waals surface area contributed by atoms with Crippen LogP contribution in [0.4, 0.5) is 5.69 Å². The lowest BCUT2D eigenvalue weighted by molar-refractivity contribution is 0.102. The fourth-order valence-electron chi connectivity index (χ4n) is 1.31. The van der Waals surface area contributed by atoms with Crippen molar-refractivity contribution in [3.63, 3.8) is 0 Å². The van der Waals surface area contributed by atoms with E-state index in [1.807, 2.05) is 0 Å². The maximum atomic E-state index is 11.7. The van der Waals surface area contributed by atoms with Gasteiger partial charge in [0.15, 0.2) is 9.84 Å². The molecule has 0 radical (unpaired) electrons. The molecule has 0 atom stereocenters. The fraction of sp³-hybridized carbons (Fsp3) is 0.0909. The number of nitrogens with zero attached hydrogens (tertiary/aromatic N) is 1. The van der Waals surface area contributed by atoms with Gasteiger partial charge in [-0.15, -0.1) is 0 Å². The summed E-state index contributed by atoms with van der Waals surface area (Å²) in [5.41, 5.74) is 1.02. The van der Waals surface area contributed by atoms with Gasteiger partial charge >= 0.3 is 0 Å². The van der Waals surface area contributed by atoms with E-state index in [1.54, 1.807) is 17.5 Å². The number of anilines is 1. The van der Waals surface area contributed by atoms with E-state index in [0.29, 0.717) is 11.3 Å². The Morgan fingerprint density at radius 2 is 1.94 bits per heavy atom. The molecule has 94 valence electrons. The first-order chi connectivity index (χ1) is 8.47. The van der Waals surface area contributed by atoms with E-state index in [2.05, 4.69) is 9.69 Å². The Kier molecular flexibility index (Phi) is 3.44. The van der Waals surface area contributed by atoms with Crippen LogP contribution in [0.1, 0.15) is 10.4 Å². The van der Waals surface area contributed by atoms with Crippen molar-refractivity contribution >= 4 is 33.0 Å². The molecule has 1 amide bonds. The largest absolute Gasteiger partial charge is 0.322 e. The number of rotatable bonds is 3. The van der Waals surface area contributed by atoms with E-state index in [-0.39, 0.29) is 10.8 Å². The van der Waals surface area contributed by atoms with Crippen LogP contribution < -0.4 is 5.32 Å². The highest BCUT2D eigenvalue weighted by Crippen LogP contribution is 2.15. The number of carbonyl (C=O) groups excluding carboxylic acids is 1. The van der Waals surface area contributed by atoms with Crippen LogP contribution in [0, 0.1) is 0 Å². The van der Waals surface area contributed by atoms with Gasteiger partial charge in [0.05, 0.1) is 16.7 Å². The second-order valence-corrected chi connectivity index (χ2v) is 6.34. The molecule has 1 aromatic carbocycles. The summed E-state index contributed by atoms with van der Waals surface area (Å²) < 4.78 is 26.4. The molecule has 5 nitrogen and oxygen atoms in total. The minimum absolute atomic E-state index is 0.220. The second-order valence-electron chi connectivity index (χ2n) is 3.66. The number of aromatic nitrogens is 1. The molecular formula is C11H10N2O3S2. The third-order valence-corrected chi connectivity index (χ3v) is 3.95. The zero-order valence-electron chi connectivity index (χ0n) is 9.45. The van der Waals surface area contributed by atoms with Crippen molar-refractivity contribution in [3.8, 4) is 0 Å². The van der Waals surface area contributed by atoms with Crippen LogP contribution in [0.3, 0.4) is 0 Å². The highest BCUT2D eigenvalue weighted by atomic mass is 32.2. The Morgan fingerprint density at radius 3 is 2.44 bits per heavy atom. The zero-order chi connectivity index (χ0) is 13.2. The monoisotopic (exact) mass is 282 g/mol. The first-order valence-corrected chi connectivity index (χ1v) is 7.70. The molecule has 0 aliphatic carbocycles. The molecule has 2 aromatic rings. The first-order valence-electron chi connectivity index (χ1n) is 4.98. The molecule has 0 saturated heterocycles. The molecule has 0 unspecified atom stereocenters. The molecule has 0 saturated carbocycles. The summed E-state index contributed by atoms with van der Waals surface area (Å²) in [6.45, 7) is 0. The van der Waals surface area contributed by atoms with Crippen molar-refractivity contribution in [1.82, 2.24) is 4.37 Å². The zero-order valence-corrected chi connectivity index (χ0v) is 11.1. The number of sulfone groups is 1. The number of hydrogen-bond donors (Lipinski definition) is 1. The lowest BCUT2D eigenvalue weighted by Crippen LogP contribution is -2.10. The number of hydrogen-bond acceptors (Lipinski definition) is 5. The van der Waals surface area contributed by atoms with Crippen LogP contribution in [0.25, 0.3) is 0 Å². The standard InChI is InChI=1S/C11H10N2O3S2/c1-18(15,16)10-4-2-9(3-5-10)13-11(14)8-6-12-17-7-8/h2-7H,1H3,(H,13,14). The Morgan fingerprint density at radius 1 is 1.28 bits per heavy atom. The average Bonchev–Trinajstić information content (AvgIpc) is 2.82. The van der Waals surface area contributed by atoms with Crippen molar-refractivity contribution in [3.05, 3.63) is 41.4 Å². The van der Waals surface area contributed by atoms with Gasteiger partial charge in [-0.3, -0.25) is 4.79 Å². The van der Waals surface area contributed by atoms with Gasteiger partial charge in [0, 0.05) is 17.3 Å². The van der Waals surface area contributed by atoms with Gasteiger partial charge in [-0.25, -0.2) is 12.8 Å². The smallest absolute Gasteiger partial charge is 0.258 e. The van der Waals surface area contributed by atoms with Gasteiger partial charge in [-0.2, -0.15) is 0 Å². The van der Waals surface area contributed by atoms with Gasteiger partial charge in [-0.1, -0.05) is 0 Å². The number of amides is 1. The molecule has 1 heterocycles. The molecule has 18 heavy (non-hydrogen) atoms. The van der Waals surface area contributed by atoms with Crippen LogP contribution in [0.2, 0.25) is 0 Å². The molecule has 0 aliphatic heterocycles. The van der Waals surface area contributed by atoms with E-state index in [1.165, 1.54) is 29.9 Å². The first kappa shape index (κ1) is 12.7. The predicted octanol–water partition coefficient (Wildman–Crippen LogP) is 1.80. The van der Waals surface area contributed by atoms with Crippen LogP contribution in [-0.2, 0) is 9.84 Å². The molecule has 1 N–H and O–H groups in total. The molecule has 0 aliphatic rings. The summed E-state index contributed by atoms with van der Waals surface area (Å²) in [7, 11) is -3.21. The second kappa shape index (κ2) is 4.87. The highest BCUT2D eigenvalue weighted by molar-refractivity contribution is 7.90. The predicted molar refractivity (Wildman–Crippen MR) is 69.6 cm³/mol. The molecule has 0 fully saturated rings. The van der Waals surface area contributed by atoms with E-state index in [9.17, 15) is 13.2 Å². The quantitative estimate of drug-likeness (QED) is 0.931. The Balaban J connectivity index is 2.14. The van der Waals surface area contributed by atoms with Crippen molar-refractivity contribution in [2.75, 3.05) is 11.6 Å². The topological polar surface area (TPSA) is 76.1 Å². The van der Waals surface area contributed by atoms with Crippen LogP contribution in [-0.4, -0.2) is 25.0 Å². The summed E-state index contributed by atoms with van der Waals surface area (Å²) in [6, 6.07) is 6.01. The molecule has 0 spiro atoms. The van der Waals surface area contributed by atoms with E-state index in [4.69, 9.17) is 0 Å². The van der Waals surface area contributed by atoms with Gasteiger partial charge in [0.25, 0.3) is 5.91 Å². The third-order valence-electron chi connectivity index (χ3n) is 2.23. The Bertz CT molecular complexity index is 646. The minimum Gasteiger partial charge on any atom is -0.322 e. The maximum absolute atomic E-state index is 11.7. The van der Waals surface area contributed by atoms with Crippen molar-refractivity contribution in [2.24, 2.45) is 0 Å². The van der Waals surface area contributed by atoms with Gasteiger partial charge < -0.3 is 5.32 Å². The fourth-order valence-corrected chi connectivity index (χ4v) is 2.45. The lowest BCUT2D eigenvalue weighted by atomic mass is 10.3. The van der Waals surface area contributed by atoms with Crippen molar-refractivity contribution in [2.45, 2.75) is 4.90 Å². The Hall–Kier alpha value is -1.73. The molecule has 0 bridgehead atoms. The molecular weight excluding hydrogens is 272 g/mol. The van der Waals surface area contributed by atoms with Crippen LogP contribution in [0.5, 0.6) is 0 Å². The molecule has 2 rings (SSSR count). The van der Waals surface area contributed by atoms with Crippen LogP contribution >= 0.6 is 11.5 Å². The van der Waals surface area contributed by atoms with E-state index in [0.717, 1.165) is 6.26 Å². The number of benzene rings is 1. The van der Waals surface area contributed by atoms with Crippen molar-refractivity contribution < 1.29 is 13.2 Å². The summed E-state index contributed by atoms with van der Waals surface area (Å²) in [6.07, 6.45) is 2.61. The summed E-state index contributed by atoms with van der Waals surface area (Å²) in [5.74, 6) is -0.268. The normalized spacial score (nSPS) is 11.2. The van der Waals surface area contributed by atoms with Gasteiger partial charge in [0.2, 0.25) is 0 Å². The third kappa shape index (κ3) is 2.93. The molecule has 7 heteroatoms. The van der Waals surface area contributed by atoms with Gasteiger partial charge in [-0.05, 0) is 35.8 Å².